The fourth-order valence-corrected chi connectivity index (χ4v) is 2.67. The van der Waals surface area contributed by atoms with Gasteiger partial charge in [-0.1, -0.05) is 12.5 Å². The molecule has 0 saturated heterocycles. The molecule has 0 heterocycles. The lowest BCUT2D eigenvalue weighted by molar-refractivity contribution is 0.334. The molecule has 3 unspecified atom stereocenters. The minimum Gasteiger partial charge on any atom is -0.322 e. The lowest BCUT2D eigenvalue weighted by Gasteiger charge is -2.30. The number of fused-ring (bicyclic) bond motifs is 2. The first-order valence-electron chi connectivity index (χ1n) is 4.17. The Hall–Kier alpha value is -0.300. The van der Waals surface area contributed by atoms with Gasteiger partial charge in [0.25, 0.3) is 0 Å². The maximum atomic E-state index is 6.13. The average Bonchev–Trinajstić information content (AvgIpc) is 2.46. The van der Waals surface area contributed by atoms with Crippen molar-refractivity contribution in [2.24, 2.45) is 17.6 Å². The quantitative estimate of drug-likeness (QED) is 0.547. The van der Waals surface area contributed by atoms with Gasteiger partial charge in [-0.05, 0) is 31.1 Å². The van der Waals surface area contributed by atoms with Crippen molar-refractivity contribution < 1.29 is 0 Å². The minimum absolute atomic E-state index is 0.0168. The summed E-state index contributed by atoms with van der Waals surface area (Å²) in [4.78, 5) is 0. The highest BCUT2D eigenvalue weighted by atomic mass is 14.8. The summed E-state index contributed by atoms with van der Waals surface area (Å²) >= 11 is 0. The average molecular weight is 137 g/mol. The molecule has 2 N–H and O–H groups in total. The Bertz CT molecular complexity index is 164. The molecule has 0 aromatic carbocycles. The van der Waals surface area contributed by atoms with Gasteiger partial charge in [-0.25, -0.2) is 0 Å². The zero-order chi connectivity index (χ0) is 7.19. The highest BCUT2D eigenvalue weighted by molar-refractivity contribution is 5.13. The van der Waals surface area contributed by atoms with E-state index < -0.39 is 0 Å². The van der Waals surface area contributed by atoms with E-state index in [0.29, 0.717) is 0 Å². The van der Waals surface area contributed by atoms with Gasteiger partial charge in [0.15, 0.2) is 0 Å². The highest BCUT2D eigenvalue weighted by Gasteiger charge is 2.46. The molecule has 2 aliphatic carbocycles. The van der Waals surface area contributed by atoms with Crippen molar-refractivity contribution in [1.82, 2.24) is 0 Å². The lowest BCUT2D eigenvalue weighted by atomic mass is 9.82. The van der Waals surface area contributed by atoms with Gasteiger partial charge in [0.2, 0.25) is 0 Å². The summed E-state index contributed by atoms with van der Waals surface area (Å²) in [7, 11) is 0. The van der Waals surface area contributed by atoms with E-state index in [4.69, 9.17) is 5.73 Å². The molecule has 2 saturated carbocycles. The van der Waals surface area contributed by atoms with Crippen LogP contribution in [0.5, 0.6) is 0 Å². The van der Waals surface area contributed by atoms with Crippen molar-refractivity contribution in [2.45, 2.75) is 31.2 Å². The van der Waals surface area contributed by atoms with E-state index in [9.17, 15) is 0 Å². The van der Waals surface area contributed by atoms with Crippen LogP contribution in [-0.2, 0) is 0 Å². The summed E-state index contributed by atoms with van der Waals surface area (Å²) < 4.78 is 0. The SMILES string of the molecule is C=CC1(N)CC2CCC1C2. The van der Waals surface area contributed by atoms with Crippen LogP contribution in [-0.4, -0.2) is 5.54 Å². The van der Waals surface area contributed by atoms with Crippen LogP contribution in [0, 0.1) is 11.8 Å². The summed E-state index contributed by atoms with van der Waals surface area (Å²) in [6.45, 7) is 3.81. The smallest absolute Gasteiger partial charge is 0.0367 e. The normalized spacial score (nSPS) is 51.7. The molecule has 0 spiro atoms. The predicted octanol–water partition coefficient (Wildman–Crippen LogP) is 1.69. The fraction of sp³-hybridized carbons (Fsp3) is 0.778. The van der Waals surface area contributed by atoms with E-state index in [1.807, 2.05) is 6.08 Å². The van der Waals surface area contributed by atoms with Crippen molar-refractivity contribution in [3.05, 3.63) is 12.7 Å². The second-order valence-electron chi connectivity index (χ2n) is 3.90. The molecular weight excluding hydrogens is 122 g/mol. The zero-order valence-corrected chi connectivity index (χ0v) is 6.34. The largest absolute Gasteiger partial charge is 0.322 e. The first-order valence-corrected chi connectivity index (χ1v) is 4.17. The van der Waals surface area contributed by atoms with Crippen LogP contribution in [0.2, 0.25) is 0 Å². The van der Waals surface area contributed by atoms with Gasteiger partial charge in [0.1, 0.15) is 0 Å². The Morgan fingerprint density at radius 2 is 2.30 bits per heavy atom. The minimum atomic E-state index is 0.0168. The highest BCUT2D eigenvalue weighted by Crippen LogP contribution is 2.49. The van der Waals surface area contributed by atoms with Crippen LogP contribution in [0.3, 0.4) is 0 Å². The second-order valence-corrected chi connectivity index (χ2v) is 3.90. The lowest BCUT2D eigenvalue weighted by Crippen LogP contribution is -2.42. The molecule has 2 bridgehead atoms. The van der Waals surface area contributed by atoms with E-state index in [0.717, 1.165) is 11.8 Å². The van der Waals surface area contributed by atoms with Gasteiger partial charge in [0.05, 0.1) is 0 Å². The Balaban J connectivity index is 2.21. The first-order chi connectivity index (χ1) is 4.74. The zero-order valence-electron chi connectivity index (χ0n) is 6.34. The van der Waals surface area contributed by atoms with Crippen molar-refractivity contribution in [3.8, 4) is 0 Å². The third-order valence-electron chi connectivity index (χ3n) is 3.32. The molecule has 10 heavy (non-hydrogen) atoms. The van der Waals surface area contributed by atoms with Crippen LogP contribution in [0.15, 0.2) is 12.7 Å². The Kier molecular flexibility index (Phi) is 1.19. The molecule has 56 valence electrons. The fourth-order valence-electron chi connectivity index (χ4n) is 2.67. The standard InChI is InChI=1S/C9H15N/c1-2-9(10)6-7-3-4-8(9)5-7/h2,7-8H,1,3-6,10H2. The maximum Gasteiger partial charge on any atom is 0.0367 e. The molecule has 3 atom stereocenters. The molecule has 0 aromatic rings. The molecule has 1 heteroatoms. The van der Waals surface area contributed by atoms with Crippen LogP contribution in [0.4, 0.5) is 0 Å². The molecular formula is C9H15N. The monoisotopic (exact) mass is 137 g/mol. The maximum absolute atomic E-state index is 6.13. The number of rotatable bonds is 1. The third-order valence-corrected chi connectivity index (χ3v) is 3.32. The van der Waals surface area contributed by atoms with Gasteiger partial charge >= 0.3 is 0 Å². The number of hydrogen-bond donors (Lipinski definition) is 1. The summed E-state index contributed by atoms with van der Waals surface area (Å²) in [5.74, 6) is 1.68. The predicted molar refractivity (Wildman–Crippen MR) is 42.6 cm³/mol. The van der Waals surface area contributed by atoms with Gasteiger partial charge in [-0.3, -0.25) is 0 Å². The van der Waals surface area contributed by atoms with Crippen LogP contribution in [0.1, 0.15) is 25.7 Å². The number of hydrogen-bond acceptors (Lipinski definition) is 1. The molecule has 0 aromatic heterocycles. The van der Waals surface area contributed by atoms with E-state index in [-0.39, 0.29) is 5.54 Å². The van der Waals surface area contributed by atoms with Crippen LogP contribution in [0.25, 0.3) is 0 Å². The third kappa shape index (κ3) is 0.671. The molecule has 2 rings (SSSR count). The number of nitrogens with two attached hydrogens (primary N) is 1. The van der Waals surface area contributed by atoms with E-state index in [1.54, 1.807) is 0 Å². The van der Waals surface area contributed by atoms with E-state index >= 15 is 0 Å². The van der Waals surface area contributed by atoms with Crippen LogP contribution < -0.4 is 5.73 Å². The van der Waals surface area contributed by atoms with Gasteiger partial charge in [-0.15, -0.1) is 6.58 Å². The second kappa shape index (κ2) is 1.85. The van der Waals surface area contributed by atoms with Crippen LogP contribution >= 0.6 is 0 Å². The molecule has 2 aliphatic rings. The van der Waals surface area contributed by atoms with Crippen molar-refractivity contribution in [3.63, 3.8) is 0 Å². The molecule has 0 amide bonds. The molecule has 0 aliphatic heterocycles. The summed E-state index contributed by atoms with van der Waals surface area (Å²) in [5.41, 5.74) is 6.14. The van der Waals surface area contributed by atoms with Crippen molar-refractivity contribution in [2.75, 3.05) is 0 Å². The summed E-state index contributed by atoms with van der Waals surface area (Å²) in [6, 6.07) is 0. The summed E-state index contributed by atoms with van der Waals surface area (Å²) in [6.07, 6.45) is 7.28. The Morgan fingerprint density at radius 1 is 1.50 bits per heavy atom. The van der Waals surface area contributed by atoms with Gasteiger partial charge in [0, 0.05) is 5.54 Å². The molecule has 0 radical (unpaired) electrons. The first kappa shape index (κ1) is 6.41. The Labute approximate surface area is 62.3 Å². The van der Waals surface area contributed by atoms with E-state index in [1.165, 1.54) is 25.7 Å². The van der Waals surface area contributed by atoms with Crippen molar-refractivity contribution >= 4 is 0 Å². The van der Waals surface area contributed by atoms with Crippen molar-refractivity contribution in [1.29, 1.82) is 0 Å². The molecule has 1 nitrogen and oxygen atoms in total. The summed E-state index contributed by atoms with van der Waals surface area (Å²) in [5, 5.41) is 0. The topological polar surface area (TPSA) is 26.0 Å². The van der Waals surface area contributed by atoms with E-state index in [2.05, 4.69) is 6.58 Å². The van der Waals surface area contributed by atoms with Gasteiger partial charge < -0.3 is 5.73 Å². The molecule has 2 fully saturated rings. The Morgan fingerprint density at radius 3 is 2.60 bits per heavy atom. The van der Waals surface area contributed by atoms with Gasteiger partial charge in [-0.2, -0.15) is 0 Å².